The zero-order chi connectivity index (χ0) is 15.3. The van der Waals surface area contributed by atoms with E-state index in [1.54, 1.807) is 6.20 Å². The molecular weight excluding hydrogens is 274 g/mol. The van der Waals surface area contributed by atoms with Gasteiger partial charge in [-0.1, -0.05) is 23.8 Å². The Morgan fingerprint density at radius 3 is 2.73 bits per heavy atom. The summed E-state index contributed by atoms with van der Waals surface area (Å²) < 4.78 is 1.83. The number of fused-ring (bicyclic) bond motifs is 1. The molecule has 110 valence electrons. The van der Waals surface area contributed by atoms with Crippen molar-refractivity contribution in [3.05, 3.63) is 58.0 Å². The maximum Gasteiger partial charge on any atom is 0.279 e. The van der Waals surface area contributed by atoms with Gasteiger partial charge in [0.05, 0.1) is 0 Å². The summed E-state index contributed by atoms with van der Waals surface area (Å²) in [6.07, 6.45) is 3.81. The normalized spacial score (nSPS) is 14.5. The second-order valence-electron chi connectivity index (χ2n) is 6.03. The van der Waals surface area contributed by atoms with Crippen LogP contribution in [0.15, 0.2) is 41.3 Å². The summed E-state index contributed by atoms with van der Waals surface area (Å²) in [7, 11) is 0. The van der Waals surface area contributed by atoms with Gasteiger partial charge in [-0.15, -0.1) is 0 Å². The van der Waals surface area contributed by atoms with Gasteiger partial charge in [0.1, 0.15) is 11.2 Å². The molecule has 0 N–H and O–H groups in total. The molecule has 4 nitrogen and oxygen atoms in total. The Kier molecular flexibility index (Phi) is 2.86. The van der Waals surface area contributed by atoms with Crippen molar-refractivity contribution in [1.82, 2.24) is 14.5 Å². The van der Waals surface area contributed by atoms with Crippen LogP contribution in [0.25, 0.3) is 22.4 Å². The summed E-state index contributed by atoms with van der Waals surface area (Å²) >= 11 is 0. The van der Waals surface area contributed by atoms with E-state index in [0.29, 0.717) is 11.3 Å². The quantitative estimate of drug-likeness (QED) is 0.727. The van der Waals surface area contributed by atoms with E-state index >= 15 is 0 Å². The molecule has 4 heteroatoms. The Morgan fingerprint density at radius 1 is 1.18 bits per heavy atom. The van der Waals surface area contributed by atoms with Crippen molar-refractivity contribution < 1.29 is 0 Å². The van der Waals surface area contributed by atoms with Crippen LogP contribution in [0.1, 0.15) is 30.0 Å². The summed E-state index contributed by atoms with van der Waals surface area (Å²) in [6, 6.07) is 10.2. The van der Waals surface area contributed by atoms with E-state index in [-0.39, 0.29) is 11.6 Å². The van der Waals surface area contributed by atoms with Gasteiger partial charge in [0, 0.05) is 17.8 Å². The van der Waals surface area contributed by atoms with Gasteiger partial charge in [-0.3, -0.25) is 9.36 Å². The molecule has 1 aliphatic rings. The lowest BCUT2D eigenvalue weighted by molar-refractivity contribution is 0.726. The molecule has 0 radical (unpaired) electrons. The average Bonchev–Trinajstić information content (AvgIpc) is 3.32. The predicted molar refractivity (Wildman–Crippen MR) is 87.0 cm³/mol. The second-order valence-corrected chi connectivity index (χ2v) is 6.03. The monoisotopic (exact) mass is 291 g/mol. The summed E-state index contributed by atoms with van der Waals surface area (Å²) in [5.41, 5.74) is 5.16. The smallest absolute Gasteiger partial charge is 0.279 e. The van der Waals surface area contributed by atoms with Crippen molar-refractivity contribution in [2.24, 2.45) is 0 Å². The van der Waals surface area contributed by atoms with Crippen LogP contribution in [0.2, 0.25) is 0 Å². The number of aryl methyl sites for hydroxylation is 2. The Hall–Kier alpha value is -2.49. The first-order chi connectivity index (χ1) is 10.6. The highest BCUT2D eigenvalue weighted by molar-refractivity contribution is 5.75. The van der Waals surface area contributed by atoms with Crippen LogP contribution in [0.4, 0.5) is 0 Å². The third-order valence-electron chi connectivity index (χ3n) is 4.20. The third kappa shape index (κ3) is 2.03. The van der Waals surface area contributed by atoms with Gasteiger partial charge in [0.2, 0.25) is 0 Å². The zero-order valence-corrected chi connectivity index (χ0v) is 12.7. The fourth-order valence-corrected chi connectivity index (χ4v) is 2.97. The molecule has 0 aliphatic heterocycles. The number of hydrogen-bond acceptors (Lipinski definition) is 3. The van der Waals surface area contributed by atoms with E-state index in [4.69, 9.17) is 0 Å². The van der Waals surface area contributed by atoms with Crippen LogP contribution < -0.4 is 5.56 Å². The van der Waals surface area contributed by atoms with Crippen molar-refractivity contribution >= 4 is 11.2 Å². The molecule has 2 aromatic heterocycles. The molecule has 0 saturated heterocycles. The molecule has 0 atom stereocenters. The van der Waals surface area contributed by atoms with Crippen LogP contribution in [0.5, 0.6) is 0 Å². The molecule has 0 amide bonds. The molecule has 1 fully saturated rings. The lowest BCUT2D eigenvalue weighted by Gasteiger charge is -2.12. The first-order valence-electron chi connectivity index (χ1n) is 7.60. The SMILES string of the molecule is Cc1ccc(-c2nc3cccnc3n(C3CC3)c2=O)c(C)c1. The fraction of sp³-hybridized carbons (Fsp3) is 0.278. The molecule has 0 unspecified atom stereocenters. The van der Waals surface area contributed by atoms with Gasteiger partial charge in [-0.25, -0.2) is 9.97 Å². The maximum absolute atomic E-state index is 13.0. The molecule has 1 aliphatic carbocycles. The topological polar surface area (TPSA) is 47.8 Å². The Bertz CT molecular complexity index is 939. The molecule has 22 heavy (non-hydrogen) atoms. The van der Waals surface area contributed by atoms with E-state index in [2.05, 4.69) is 23.0 Å². The third-order valence-corrected chi connectivity index (χ3v) is 4.20. The lowest BCUT2D eigenvalue weighted by atomic mass is 10.0. The minimum Gasteiger partial charge on any atom is -0.286 e. The molecule has 1 saturated carbocycles. The minimum absolute atomic E-state index is 0.0272. The second kappa shape index (κ2) is 4.77. The number of aromatic nitrogens is 3. The van der Waals surface area contributed by atoms with Crippen LogP contribution in [-0.2, 0) is 0 Å². The Balaban J connectivity index is 2.06. The molecular formula is C18H17N3O. The van der Waals surface area contributed by atoms with E-state index in [0.717, 1.165) is 29.5 Å². The van der Waals surface area contributed by atoms with E-state index in [1.165, 1.54) is 5.56 Å². The highest BCUT2D eigenvalue weighted by Gasteiger charge is 2.28. The first kappa shape index (κ1) is 13.2. The molecule has 0 spiro atoms. The van der Waals surface area contributed by atoms with E-state index in [1.807, 2.05) is 35.8 Å². The van der Waals surface area contributed by atoms with Crippen molar-refractivity contribution in [3.8, 4) is 11.3 Å². The molecule has 3 aromatic rings. The van der Waals surface area contributed by atoms with Crippen LogP contribution in [-0.4, -0.2) is 14.5 Å². The van der Waals surface area contributed by atoms with Crippen LogP contribution in [0, 0.1) is 13.8 Å². The Labute approximate surface area is 128 Å². The number of benzene rings is 1. The van der Waals surface area contributed by atoms with Crippen molar-refractivity contribution in [1.29, 1.82) is 0 Å². The molecule has 1 aromatic carbocycles. The van der Waals surface area contributed by atoms with Gasteiger partial charge in [-0.05, 0) is 44.4 Å². The van der Waals surface area contributed by atoms with Gasteiger partial charge < -0.3 is 0 Å². The summed E-state index contributed by atoms with van der Waals surface area (Å²) in [4.78, 5) is 21.9. The van der Waals surface area contributed by atoms with Crippen molar-refractivity contribution in [3.63, 3.8) is 0 Å². The highest BCUT2D eigenvalue weighted by Crippen LogP contribution is 2.35. The van der Waals surface area contributed by atoms with E-state index < -0.39 is 0 Å². The highest BCUT2D eigenvalue weighted by atomic mass is 16.1. The number of rotatable bonds is 2. The molecule has 4 rings (SSSR count). The van der Waals surface area contributed by atoms with Crippen LogP contribution >= 0.6 is 0 Å². The number of hydrogen-bond donors (Lipinski definition) is 0. The van der Waals surface area contributed by atoms with Crippen molar-refractivity contribution in [2.45, 2.75) is 32.7 Å². The first-order valence-corrected chi connectivity index (χ1v) is 7.60. The molecule has 2 heterocycles. The van der Waals surface area contributed by atoms with Gasteiger partial charge in [0.25, 0.3) is 5.56 Å². The largest absolute Gasteiger partial charge is 0.286 e. The zero-order valence-electron chi connectivity index (χ0n) is 12.7. The summed E-state index contributed by atoms with van der Waals surface area (Å²) in [5.74, 6) is 0. The van der Waals surface area contributed by atoms with Crippen molar-refractivity contribution in [2.75, 3.05) is 0 Å². The number of nitrogens with zero attached hydrogens (tertiary/aromatic N) is 3. The van der Waals surface area contributed by atoms with Gasteiger partial charge in [-0.2, -0.15) is 0 Å². The fourth-order valence-electron chi connectivity index (χ4n) is 2.97. The minimum atomic E-state index is -0.0272. The summed E-state index contributed by atoms with van der Waals surface area (Å²) in [6.45, 7) is 4.08. The van der Waals surface area contributed by atoms with Gasteiger partial charge in [0.15, 0.2) is 5.65 Å². The average molecular weight is 291 g/mol. The predicted octanol–water partition coefficient (Wildman–Crippen LogP) is 3.41. The molecule has 0 bridgehead atoms. The van der Waals surface area contributed by atoms with Crippen LogP contribution in [0.3, 0.4) is 0 Å². The number of pyridine rings is 1. The summed E-state index contributed by atoms with van der Waals surface area (Å²) in [5, 5.41) is 0. The standard InChI is InChI=1S/C18H17N3O/c1-11-5-8-14(12(2)10-11)16-18(22)21(13-6-7-13)17-15(20-16)4-3-9-19-17/h3-5,8-10,13H,6-7H2,1-2H3. The van der Waals surface area contributed by atoms with E-state index in [9.17, 15) is 4.79 Å². The lowest BCUT2D eigenvalue weighted by Crippen LogP contribution is -2.23. The maximum atomic E-state index is 13.0. The van der Waals surface area contributed by atoms with Gasteiger partial charge >= 0.3 is 0 Å². The Morgan fingerprint density at radius 2 is 2.00 bits per heavy atom.